The highest BCUT2D eigenvalue weighted by Gasteiger charge is 2.22. The normalized spacial score (nSPS) is 12.4. The van der Waals surface area contributed by atoms with Crippen molar-refractivity contribution in [1.29, 1.82) is 0 Å². The molecule has 0 fully saturated rings. The van der Waals surface area contributed by atoms with Crippen LogP contribution in [0.4, 0.5) is 0 Å². The Labute approximate surface area is 333 Å². The molecular formula is C52H36N6. The van der Waals surface area contributed by atoms with Gasteiger partial charge >= 0.3 is 0 Å². The molecule has 12 aromatic rings. The van der Waals surface area contributed by atoms with Gasteiger partial charge in [0.15, 0.2) is 5.82 Å². The van der Waals surface area contributed by atoms with Gasteiger partial charge in [-0.25, -0.2) is 4.98 Å². The Morgan fingerprint density at radius 1 is 0.466 bits per heavy atom. The highest BCUT2D eigenvalue weighted by molar-refractivity contribution is 6.22. The molecule has 0 spiro atoms. The van der Waals surface area contributed by atoms with Gasteiger partial charge in [-0.1, -0.05) is 118 Å². The van der Waals surface area contributed by atoms with E-state index in [0.717, 1.165) is 72.2 Å². The summed E-state index contributed by atoms with van der Waals surface area (Å²) < 4.78 is 4.71. The van der Waals surface area contributed by atoms with Gasteiger partial charge in [0.05, 0.1) is 51.2 Å². The molecule has 58 heavy (non-hydrogen) atoms. The molecule has 0 unspecified atom stereocenters. The maximum atomic E-state index is 5.18. The number of hydrogen-bond donors (Lipinski definition) is 0. The maximum absolute atomic E-state index is 5.18. The van der Waals surface area contributed by atoms with Crippen LogP contribution in [0.3, 0.4) is 0 Å². The summed E-state index contributed by atoms with van der Waals surface area (Å²) in [5, 5.41) is 21.2. The van der Waals surface area contributed by atoms with Crippen molar-refractivity contribution in [3.05, 3.63) is 170 Å². The number of benzene rings is 8. The van der Waals surface area contributed by atoms with Crippen molar-refractivity contribution in [1.82, 2.24) is 29.3 Å². The van der Waals surface area contributed by atoms with Crippen molar-refractivity contribution >= 4 is 87.0 Å². The molecule has 6 heteroatoms. The van der Waals surface area contributed by atoms with Gasteiger partial charge in [0.1, 0.15) is 0 Å². The van der Waals surface area contributed by atoms with Crippen LogP contribution in [0.5, 0.6) is 0 Å². The predicted octanol–water partition coefficient (Wildman–Crippen LogP) is 13.0. The Hall–Kier alpha value is -7.44. The highest BCUT2D eigenvalue weighted by atomic mass is 15.2. The van der Waals surface area contributed by atoms with E-state index in [1.807, 2.05) is 12.4 Å². The minimum Gasteiger partial charge on any atom is -0.309 e. The number of aromatic nitrogens is 6. The standard InChI is InChI=1S/C52H36N6/c1-52(2,3)37-27-50(56-54-29-37)58-46-21-17-31-10-8-9-15-39(31)51(46)41-20-18-38(28-49(41)58)57-47-26-36(16-19-40(47)42-22-32-11-4-7-14-35(32)25-48(42)57)45-30-53-43-23-33-12-5-6-13-34(33)24-44(43)55-45/h4-30H,1-3H3. The first-order valence-corrected chi connectivity index (χ1v) is 19.8. The van der Waals surface area contributed by atoms with Crippen molar-refractivity contribution in [2.45, 2.75) is 26.2 Å². The second-order valence-corrected chi connectivity index (χ2v) is 16.5. The van der Waals surface area contributed by atoms with Gasteiger partial charge in [0, 0.05) is 32.8 Å². The van der Waals surface area contributed by atoms with Crippen molar-refractivity contribution in [2.75, 3.05) is 0 Å². The summed E-state index contributed by atoms with van der Waals surface area (Å²) >= 11 is 0. The van der Waals surface area contributed by atoms with Gasteiger partial charge in [-0.3, -0.25) is 9.55 Å². The lowest BCUT2D eigenvalue weighted by molar-refractivity contribution is 0.584. The molecule has 0 saturated heterocycles. The molecule has 0 aliphatic rings. The van der Waals surface area contributed by atoms with Gasteiger partial charge < -0.3 is 4.57 Å². The SMILES string of the molecule is CC(C)(C)c1cnnc(-n2c3cc(-n4c5cc(-c6cnc7cc8ccccc8cc7n6)ccc5c5cc6ccccc6cc54)ccc3c3c4ccccc4ccc32)c1. The van der Waals surface area contributed by atoms with E-state index in [1.165, 1.54) is 43.1 Å². The predicted molar refractivity (Wildman–Crippen MR) is 240 cm³/mol. The fourth-order valence-electron chi connectivity index (χ4n) is 9.01. The second-order valence-electron chi connectivity index (χ2n) is 16.5. The van der Waals surface area contributed by atoms with E-state index in [-0.39, 0.29) is 5.41 Å². The largest absolute Gasteiger partial charge is 0.309 e. The van der Waals surface area contributed by atoms with Crippen LogP contribution in [-0.2, 0) is 5.41 Å². The molecule has 8 aromatic carbocycles. The van der Waals surface area contributed by atoms with Crippen molar-refractivity contribution in [3.63, 3.8) is 0 Å². The molecule has 0 radical (unpaired) electrons. The first kappa shape index (κ1) is 32.8. The van der Waals surface area contributed by atoms with Crippen molar-refractivity contribution in [2.24, 2.45) is 0 Å². The Bertz CT molecular complexity index is 3680. The fraction of sp³-hybridized carbons (Fsp3) is 0.0769. The average Bonchev–Trinajstić information content (AvgIpc) is 3.76. The Morgan fingerprint density at radius 2 is 1.14 bits per heavy atom. The summed E-state index contributed by atoms with van der Waals surface area (Å²) in [7, 11) is 0. The van der Waals surface area contributed by atoms with E-state index in [1.54, 1.807) is 0 Å². The summed E-state index contributed by atoms with van der Waals surface area (Å²) in [6.45, 7) is 6.66. The molecule has 6 nitrogen and oxygen atoms in total. The van der Waals surface area contributed by atoms with Gasteiger partial charge in [-0.2, -0.15) is 5.10 Å². The van der Waals surface area contributed by atoms with Crippen molar-refractivity contribution in [3.8, 4) is 22.8 Å². The zero-order valence-electron chi connectivity index (χ0n) is 32.3. The number of fused-ring (bicyclic) bond motifs is 11. The van der Waals surface area contributed by atoms with Gasteiger partial charge in [-0.05, 0) is 97.9 Å². The summed E-state index contributed by atoms with van der Waals surface area (Å²) in [5.74, 6) is 0.804. The Balaban J connectivity index is 1.15. The van der Waals surface area contributed by atoms with Crippen LogP contribution < -0.4 is 0 Å². The van der Waals surface area contributed by atoms with Gasteiger partial charge in [0.2, 0.25) is 0 Å². The minimum atomic E-state index is -0.0893. The van der Waals surface area contributed by atoms with Gasteiger partial charge in [-0.15, -0.1) is 5.10 Å². The first-order chi connectivity index (χ1) is 28.4. The van der Waals surface area contributed by atoms with Crippen molar-refractivity contribution < 1.29 is 0 Å². The molecule has 0 amide bonds. The lowest BCUT2D eigenvalue weighted by Crippen LogP contribution is -2.13. The zero-order valence-corrected chi connectivity index (χ0v) is 32.3. The summed E-state index contributed by atoms with van der Waals surface area (Å²) in [6, 6.07) is 54.8. The molecule has 0 N–H and O–H groups in total. The average molecular weight is 745 g/mol. The lowest BCUT2D eigenvalue weighted by Gasteiger charge is -2.19. The van der Waals surface area contributed by atoms with E-state index >= 15 is 0 Å². The Kier molecular flexibility index (Phi) is 6.80. The number of hydrogen-bond acceptors (Lipinski definition) is 4. The lowest BCUT2D eigenvalue weighted by atomic mass is 9.88. The molecular weight excluding hydrogens is 709 g/mol. The molecule has 12 rings (SSSR count). The van der Waals surface area contributed by atoms with E-state index in [0.29, 0.717) is 0 Å². The van der Waals surface area contributed by atoms with E-state index in [4.69, 9.17) is 15.1 Å². The van der Waals surface area contributed by atoms with Crippen LogP contribution in [0.1, 0.15) is 26.3 Å². The van der Waals surface area contributed by atoms with Gasteiger partial charge in [0.25, 0.3) is 0 Å². The molecule has 0 saturated carbocycles. The van der Waals surface area contributed by atoms with Crippen LogP contribution in [0.2, 0.25) is 0 Å². The molecule has 4 aromatic heterocycles. The molecule has 0 atom stereocenters. The molecule has 0 aliphatic carbocycles. The molecule has 4 heterocycles. The molecule has 0 aliphatic heterocycles. The second kappa shape index (κ2) is 12.0. The third-order valence-corrected chi connectivity index (χ3v) is 12.0. The zero-order chi connectivity index (χ0) is 38.7. The van der Waals surface area contributed by atoms with Crippen LogP contribution in [0.15, 0.2) is 164 Å². The molecule has 0 bridgehead atoms. The maximum Gasteiger partial charge on any atom is 0.160 e. The van der Waals surface area contributed by atoms with Crippen LogP contribution in [0.25, 0.3) is 110 Å². The van der Waals surface area contributed by atoms with Crippen LogP contribution in [-0.4, -0.2) is 29.3 Å². The van der Waals surface area contributed by atoms with E-state index in [9.17, 15) is 0 Å². The van der Waals surface area contributed by atoms with Crippen LogP contribution >= 0.6 is 0 Å². The number of rotatable bonds is 3. The van der Waals surface area contributed by atoms with E-state index < -0.39 is 0 Å². The molecule has 274 valence electrons. The summed E-state index contributed by atoms with van der Waals surface area (Å²) in [4.78, 5) is 10.1. The number of nitrogens with zero attached hydrogens (tertiary/aromatic N) is 6. The minimum absolute atomic E-state index is 0.0893. The Morgan fingerprint density at radius 3 is 1.93 bits per heavy atom. The van der Waals surface area contributed by atoms with E-state index in [2.05, 4.69) is 187 Å². The fourth-order valence-corrected chi connectivity index (χ4v) is 9.01. The topological polar surface area (TPSA) is 61.4 Å². The summed E-state index contributed by atoms with van der Waals surface area (Å²) in [6.07, 6.45) is 3.79. The van der Waals surface area contributed by atoms with Crippen LogP contribution in [0, 0.1) is 0 Å². The third-order valence-electron chi connectivity index (χ3n) is 12.0. The summed E-state index contributed by atoms with van der Waals surface area (Å²) in [5.41, 5.74) is 10.1. The first-order valence-electron chi connectivity index (χ1n) is 19.8. The monoisotopic (exact) mass is 744 g/mol. The quantitative estimate of drug-likeness (QED) is 0.169. The smallest absolute Gasteiger partial charge is 0.160 e. The highest BCUT2D eigenvalue weighted by Crippen LogP contribution is 2.41. The third kappa shape index (κ3) is 4.91.